The van der Waals surface area contributed by atoms with Crippen LogP contribution in [0.4, 0.5) is 5.69 Å². The number of anilines is 1. The van der Waals surface area contributed by atoms with E-state index in [1.807, 2.05) is 24.3 Å². The van der Waals surface area contributed by atoms with E-state index in [-0.39, 0.29) is 10.8 Å². The fraction of sp³-hybridized carbons (Fsp3) is 0.222. The fourth-order valence-electron chi connectivity index (χ4n) is 2.44. The number of amides is 1. The highest BCUT2D eigenvalue weighted by atomic mass is 32.2. The van der Waals surface area contributed by atoms with Crippen LogP contribution in [0.1, 0.15) is 17.8 Å². The highest BCUT2D eigenvalue weighted by Crippen LogP contribution is 2.22. The smallest absolute Gasteiger partial charge is 0.224 e. The molecule has 3 rings (SSSR count). The first kappa shape index (κ1) is 17.6. The van der Waals surface area contributed by atoms with Crippen molar-refractivity contribution in [3.63, 3.8) is 0 Å². The molecule has 7 heteroatoms. The molecule has 0 atom stereocenters. The third kappa shape index (κ3) is 4.64. The number of hydrogen-bond donors (Lipinski definition) is 1. The van der Waals surface area contributed by atoms with Crippen LogP contribution in [0.3, 0.4) is 0 Å². The third-order valence-corrected chi connectivity index (χ3v) is 5.92. The van der Waals surface area contributed by atoms with Crippen molar-refractivity contribution in [2.24, 2.45) is 0 Å². The number of benzene rings is 2. The van der Waals surface area contributed by atoms with Gasteiger partial charge >= 0.3 is 0 Å². The molecule has 0 unspecified atom stereocenters. The second-order valence-corrected chi connectivity index (χ2v) is 8.90. The maximum Gasteiger partial charge on any atom is 0.224 e. The van der Waals surface area contributed by atoms with Crippen LogP contribution in [0.15, 0.2) is 53.4 Å². The van der Waals surface area contributed by atoms with Gasteiger partial charge in [0.05, 0.1) is 20.1 Å². The Morgan fingerprint density at radius 2 is 1.84 bits per heavy atom. The van der Waals surface area contributed by atoms with Crippen molar-refractivity contribution in [1.29, 1.82) is 0 Å². The number of hydrogen-bond acceptors (Lipinski definition) is 5. The Labute approximate surface area is 150 Å². The summed E-state index contributed by atoms with van der Waals surface area (Å²) in [6.07, 6.45) is 3.03. The first-order valence-electron chi connectivity index (χ1n) is 7.86. The molecule has 0 aliphatic rings. The summed E-state index contributed by atoms with van der Waals surface area (Å²) >= 11 is 1.66. The summed E-state index contributed by atoms with van der Waals surface area (Å²) in [7, 11) is -3.22. The van der Waals surface area contributed by atoms with Gasteiger partial charge in [0.25, 0.3) is 0 Å². The molecule has 1 aromatic heterocycles. The van der Waals surface area contributed by atoms with E-state index in [0.29, 0.717) is 18.5 Å². The second kappa shape index (κ2) is 7.33. The highest BCUT2D eigenvalue weighted by Gasteiger charge is 2.08. The maximum atomic E-state index is 12.0. The van der Waals surface area contributed by atoms with Crippen molar-refractivity contribution in [1.82, 2.24) is 4.98 Å². The molecular weight excluding hydrogens is 356 g/mol. The van der Waals surface area contributed by atoms with Crippen molar-refractivity contribution >= 4 is 43.0 Å². The molecule has 1 heterocycles. The van der Waals surface area contributed by atoms with Crippen LogP contribution in [-0.4, -0.2) is 25.6 Å². The summed E-state index contributed by atoms with van der Waals surface area (Å²) < 4.78 is 24.0. The summed E-state index contributed by atoms with van der Waals surface area (Å²) in [5.74, 6) is -0.0896. The molecule has 1 N–H and O–H groups in total. The molecule has 3 aromatic rings. The number of carbonyl (C=O) groups excluding carboxylic acids is 1. The van der Waals surface area contributed by atoms with E-state index in [2.05, 4.69) is 10.3 Å². The van der Waals surface area contributed by atoms with Gasteiger partial charge in [-0.05, 0) is 49.2 Å². The lowest BCUT2D eigenvalue weighted by molar-refractivity contribution is -0.116. The molecule has 2 aromatic carbocycles. The van der Waals surface area contributed by atoms with Gasteiger partial charge in [0.2, 0.25) is 5.91 Å². The zero-order chi connectivity index (χ0) is 17.9. The summed E-state index contributed by atoms with van der Waals surface area (Å²) in [5.41, 5.74) is 1.59. The maximum absolute atomic E-state index is 12.0. The van der Waals surface area contributed by atoms with Gasteiger partial charge in [-0.3, -0.25) is 4.79 Å². The average Bonchev–Trinajstić information content (AvgIpc) is 2.97. The van der Waals surface area contributed by atoms with E-state index < -0.39 is 9.84 Å². The van der Waals surface area contributed by atoms with Crippen molar-refractivity contribution in [3.05, 3.63) is 53.5 Å². The van der Waals surface area contributed by atoms with Gasteiger partial charge in [0.1, 0.15) is 0 Å². The van der Waals surface area contributed by atoms with Crippen molar-refractivity contribution < 1.29 is 13.2 Å². The number of carbonyl (C=O) groups is 1. The lowest BCUT2D eigenvalue weighted by Crippen LogP contribution is -2.11. The molecule has 0 aliphatic heterocycles. The number of thiazole rings is 1. The number of sulfone groups is 1. The van der Waals surface area contributed by atoms with Crippen LogP contribution in [0.2, 0.25) is 0 Å². The van der Waals surface area contributed by atoms with Crippen LogP contribution >= 0.6 is 11.3 Å². The van der Waals surface area contributed by atoms with Gasteiger partial charge in [0, 0.05) is 18.4 Å². The number of nitrogens with one attached hydrogen (secondary N) is 1. The Hall–Kier alpha value is -2.25. The molecule has 0 spiro atoms. The molecule has 0 fully saturated rings. The first-order chi connectivity index (χ1) is 11.9. The number of aromatic nitrogens is 1. The minimum Gasteiger partial charge on any atom is -0.326 e. The molecule has 130 valence electrons. The largest absolute Gasteiger partial charge is 0.326 e. The summed E-state index contributed by atoms with van der Waals surface area (Å²) in [5, 5.41) is 3.82. The number of aryl methyl sites for hydroxylation is 1. The SMILES string of the molecule is CS(=O)(=O)c1ccc(NC(=O)CCCc2nc3ccccc3s2)cc1. The van der Waals surface area contributed by atoms with E-state index >= 15 is 0 Å². The zero-order valence-electron chi connectivity index (χ0n) is 13.7. The van der Waals surface area contributed by atoms with E-state index in [0.717, 1.165) is 27.9 Å². The Balaban J connectivity index is 1.51. The Morgan fingerprint density at radius 1 is 1.12 bits per heavy atom. The van der Waals surface area contributed by atoms with Gasteiger partial charge in [-0.15, -0.1) is 11.3 Å². The topological polar surface area (TPSA) is 76.1 Å². The van der Waals surface area contributed by atoms with Crippen LogP contribution in [-0.2, 0) is 21.1 Å². The second-order valence-electron chi connectivity index (χ2n) is 5.77. The van der Waals surface area contributed by atoms with Crippen LogP contribution in [0.5, 0.6) is 0 Å². The number of nitrogens with zero attached hydrogens (tertiary/aromatic N) is 1. The Kier molecular flexibility index (Phi) is 5.15. The standard InChI is InChI=1S/C18H18N2O3S2/c1-25(22,23)14-11-9-13(10-12-14)19-17(21)7-4-8-18-20-15-5-2-3-6-16(15)24-18/h2-3,5-6,9-12H,4,7-8H2,1H3,(H,19,21). The summed E-state index contributed by atoms with van der Waals surface area (Å²) in [6.45, 7) is 0. The number of para-hydroxylation sites is 1. The highest BCUT2D eigenvalue weighted by molar-refractivity contribution is 7.90. The predicted molar refractivity (Wildman–Crippen MR) is 101 cm³/mol. The summed E-state index contributed by atoms with van der Waals surface area (Å²) in [6, 6.07) is 14.2. The van der Waals surface area contributed by atoms with Crippen molar-refractivity contribution in [3.8, 4) is 0 Å². The minimum atomic E-state index is -3.22. The normalized spacial score (nSPS) is 11.6. The number of fused-ring (bicyclic) bond motifs is 1. The van der Waals surface area contributed by atoms with Gasteiger partial charge in [0.15, 0.2) is 9.84 Å². The Morgan fingerprint density at radius 3 is 2.52 bits per heavy atom. The predicted octanol–water partition coefficient (Wildman–Crippen LogP) is 3.66. The van der Waals surface area contributed by atoms with Gasteiger partial charge in [-0.2, -0.15) is 0 Å². The summed E-state index contributed by atoms with van der Waals surface area (Å²) in [4.78, 5) is 16.8. The van der Waals surface area contributed by atoms with Crippen molar-refractivity contribution in [2.45, 2.75) is 24.2 Å². The van der Waals surface area contributed by atoms with Crippen LogP contribution in [0.25, 0.3) is 10.2 Å². The fourth-order valence-corrected chi connectivity index (χ4v) is 4.08. The quantitative estimate of drug-likeness (QED) is 0.714. The van der Waals surface area contributed by atoms with Crippen molar-refractivity contribution in [2.75, 3.05) is 11.6 Å². The molecule has 0 bridgehead atoms. The molecule has 5 nitrogen and oxygen atoms in total. The average molecular weight is 374 g/mol. The third-order valence-electron chi connectivity index (χ3n) is 3.70. The molecule has 0 radical (unpaired) electrons. The van der Waals surface area contributed by atoms with Gasteiger partial charge in [-0.1, -0.05) is 12.1 Å². The molecule has 0 aliphatic carbocycles. The van der Waals surface area contributed by atoms with E-state index in [4.69, 9.17) is 0 Å². The van der Waals surface area contributed by atoms with E-state index in [1.54, 1.807) is 23.5 Å². The lowest BCUT2D eigenvalue weighted by Gasteiger charge is -2.05. The molecular formula is C18H18N2O3S2. The van der Waals surface area contributed by atoms with E-state index in [9.17, 15) is 13.2 Å². The first-order valence-corrected chi connectivity index (χ1v) is 10.6. The minimum absolute atomic E-state index is 0.0896. The molecule has 25 heavy (non-hydrogen) atoms. The number of rotatable bonds is 6. The van der Waals surface area contributed by atoms with Crippen LogP contribution < -0.4 is 5.32 Å². The van der Waals surface area contributed by atoms with E-state index in [1.165, 1.54) is 12.1 Å². The lowest BCUT2D eigenvalue weighted by atomic mass is 10.2. The van der Waals surface area contributed by atoms with Crippen LogP contribution in [0, 0.1) is 0 Å². The zero-order valence-corrected chi connectivity index (χ0v) is 15.4. The van der Waals surface area contributed by atoms with Gasteiger partial charge < -0.3 is 5.32 Å². The molecule has 0 saturated heterocycles. The molecule has 0 saturated carbocycles. The molecule has 1 amide bonds. The monoisotopic (exact) mass is 374 g/mol. The Bertz CT molecular complexity index is 960. The van der Waals surface area contributed by atoms with Gasteiger partial charge in [-0.25, -0.2) is 13.4 Å².